The average Bonchev–Trinajstić information content (AvgIpc) is 3.09. The lowest BCUT2D eigenvalue weighted by Crippen LogP contribution is -2.39. The van der Waals surface area contributed by atoms with E-state index in [2.05, 4.69) is 39.9 Å². The molecule has 2 amide bonds. The molecular formula is C25H38N4O2. The summed E-state index contributed by atoms with van der Waals surface area (Å²) in [5.74, 6) is 0.910. The standard InChI is InChI=1S/C25H38N4O2/c1-8-10-24(31)28(14-13-18(2)3)17-23(30)26-22-16-21(25(5,6)7)27-29(22)20-12-9-11-19(4)15-20/h9,11-12,15-16,18H,8,10,13-14,17H2,1-7H3,(H,26,30). The molecule has 0 aliphatic heterocycles. The third kappa shape index (κ3) is 7.23. The fourth-order valence-corrected chi connectivity index (χ4v) is 3.23. The van der Waals surface area contributed by atoms with Crippen LogP contribution >= 0.6 is 0 Å². The van der Waals surface area contributed by atoms with E-state index in [4.69, 9.17) is 5.10 Å². The normalized spacial score (nSPS) is 11.6. The molecule has 0 saturated carbocycles. The first kappa shape index (κ1) is 24.6. The number of benzene rings is 1. The maximum absolute atomic E-state index is 12.9. The highest BCUT2D eigenvalue weighted by Crippen LogP contribution is 2.26. The zero-order valence-corrected chi connectivity index (χ0v) is 20.2. The molecule has 2 aromatic rings. The molecule has 6 heteroatoms. The van der Waals surface area contributed by atoms with Crippen molar-refractivity contribution in [2.75, 3.05) is 18.4 Å². The lowest BCUT2D eigenvalue weighted by Gasteiger charge is -2.23. The summed E-state index contributed by atoms with van der Waals surface area (Å²) >= 11 is 0. The fourth-order valence-electron chi connectivity index (χ4n) is 3.23. The SMILES string of the molecule is CCCC(=O)N(CCC(C)C)CC(=O)Nc1cc(C(C)(C)C)nn1-c1cccc(C)c1. The molecule has 0 atom stereocenters. The summed E-state index contributed by atoms with van der Waals surface area (Å²) < 4.78 is 1.78. The Balaban J connectivity index is 2.27. The van der Waals surface area contributed by atoms with Gasteiger partial charge < -0.3 is 10.2 Å². The van der Waals surface area contributed by atoms with E-state index in [1.807, 2.05) is 44.2 Å². The number of anilines is 1. The molecule has 31 heavy (non-hydrogen) atoms. The first-order valence-electron chi connectivity index (χ1n) is 11.3. The van der Waals surface area contributed by atoms with Gasteiger partial charge in [-0.25, -0.2) is 4.68 Å². The quantitative estimate of drug-likeness (QED) is 0.607. The maximum Gasteiger partial charge on any atom is 0.245 e. The van der Waals surface area contributed by atoms with Crippen LogP contribution in [0.2, 0.25) is 0 Å². The Bertz CT molecular complexity index is 893. The molecule has 1 aromatic carbocycles. The number of rotatable bonds is 9. The van der Waals surface area contributed by atoms with Gasteiger partial charge in [0.2, 0.25) is 11.8 Å². The van der Waals surface area contributed by atoms with Crippen molar-refractivity contribution in [1.82, 2.24) is 14.7 Å². The second kappa shape index (κ2) is 10.6. The number of aryl methyl sites for hydroxylation is 1. The van der Waals surface area contributed by atoms with Crippen LogP contribution in [0.1, 0.15) is 72.1 Å². The number of hydrogen-bond acceptors (Lipinski definition) is 3. The Labute approximate surface area is 187 Å². The maximum atomic E-state index is 12.9. The van der Waals surface area contributed by atoms with E-state index in [0.29, 0.717) is 24.7 Å². The van der Waals surface area contributed by atoms with E-state index in [1.165, 1.54) is 0 Å². The minimum Gasteiger partial charge on any atom is -0.333 e. The summed E-state index contributed by atoms with van der Waals surface area (Å²) in [5, 5.41) is 7.77. The smallest absolute Gasteiger partial charge is 0.245 e. The van der Waals surface area contributed by atoms with Gasteiger partial charge in [0.15, 0.2) is 0 Å². The van der Waals surface area contributed by atoms with Crippen LogP contribution in [-0.4, -0.2) is 39.6 Å². The van der Waals surface area contributed by atoms with Crippen molar-refractivity contribution in [3.63, 3.8) is 0 Å². The first-order valence-corrected chi connectivity index (χ1v) is 11.3. The summed E-state index contributed by atoms with van der Waals surface area (Å²) in [4.78, 5) is 27.2. The molecule has 170 valence electrons. The summed E-state index contributed by atoms with van der Waals surface area (Å²) in [6.07, 6.45) is 2.10. The predicted molar refractivity (Wildman–Crippen MR) is 127 cm³/mol. The van der Waals surface area contributed by atoms with Crippen molar-refractivity contribution in [1.29, 1.82) is 0 Å². The van der Waals surface area contributed by atoms with Gasteiger partial charge in [-0.3, -0.25) is 9.59 Å². The second-order valence-corrected chi connectivity index (χ2v) is 9.71. The summed E-state index contributed by atoms with van der Waals surface area (Å²) in [6.45, 7) is 15.2. The van der Waals surface area contributed by atoms with Gasteiger partial charge in [-0.1, -0.05) is 53.7 Å². The van der Waals surface area contributed by atoms with Crippen LogP contribution in [-0.2, 0) is 15.0 Å². The molecule has 0 unspecified atom stereocenters. The van der Waals surface area contributed by atoms with Crippen LogP contribution in [0.4, 0.5) is 5.82 Å². The molecule has 2 rings (SSSR count). The fraction of sp³-hybridized carbons (Fsp3) is 0.560. The third-order valence-electron chi connectivity index (χ3n) is 5.12. The van der Waals surface area contributed by atoms with Gasteiger partial charge in [0.05, 0.1) is 17.9 Å². The highest BCUT2D eigenvalue weighted by Gasteiger charge is 2.23. The monoisotopic (exact) mass is 426 g/mol. The van der Waals surface area contributed by atoms with Gasteiger partial charge in [0.25, 0.3) is 0 Å². The van der Waals surface area contributed by atoms with Gasteiger partial charge in [0.1, 0.15) is 5.82 Å². The van der Waals surface area contributed by atoms with Crippen molar-refractivity contribution in [2.24, 2.45) is 5.92 Å². The molecule has 1 heterocycles. The lowest BCUT2D eigenvalue weighted by molar-refractivity contribution is -0.134. The lowest BCUT2D eigenvalue weighted by atomic mass is 9.92. The van der Waals surface area contributed by atoms with Gasteiger partial charge in [0, 0.05) is 24.4 Å². The van der Waals surface area contributed by atoms with Gasteiger partial charge in [-0.05, 0) is 43.4 Å². The van der Waals surface area contributed by atoms with E-state index in [9.17, 15) is 9.59 Å². The van der Waals surface area contributed by atoms with Crippen molar-refractivity contribution >= 4 is 17.6 Å². The number of carbonyl (C=O) groups is 2. The van der Waals surface area contributed by atoms with Gasteiger partial charge in [-0.2, -0.15) is 5.10 Å². The van der Waals surface area contributed by atoms with E-state index in [-0.39, 0.29) is 23.8 Å². The van der Waals surface area contributed by atoms with Crippen LogP contribution < -0.4 is 5.32 Å². The summed E-state index contributed by atoms with van der Waals surface area (Å²) in [6, 6.07) is 9.94. The number of nitrogens with zero attached hydrogens (tertiary/aromatic N) is 3. The zero-order valence-electron chi connectivity index (χ0n) is 20.2. The molecule has 0 bridgehead atoms. The Kier molecular flexibility index (Phi) is 8.43. The molecule has 6 nitrogen and oxygen atoms in total. The van der Waals surface area contributed by atoms with Gasteiger partial charge >= 0.3 is 0 Å². The first-order chi connectivity index (χ1) is 14.5. The molecule has 0 fully saturated rings. The number of amides is 2. The minimum atomic E-state index is -0.206. The Morgan fingerprint density at radius 1 is 1.19 bits per heavy atom. The average molecular weight is 427 g/mol. The van der Waals surface area contributed by atoms with Gasteiger partial charge in [-0.15, -0.1) is 0 Å². The second-order valence-electron chi connectivity index (χ2n) is 9.71. The molecule has 1 N–H and O–H groups in total. The number of carbonyl (C=O) groups excluding carboxylic acids is 2. The molecule has 0 radical (unpaired) electrons. The molecular weight excluding hydrogens is 388 g/mol. The van der Waals surface area contributed by atoms with Crippen LogP contribution in [0, 0.1) is 12.8 Å². The Hall–Kier alpha value is -2.63. The van der Waals surface area contributed by atoms with E-state index < -0.39 is 0 Å². The largest absolute Gasteiger partial charge is 0.333 e. The third-order valence-corrected chi connectivity index (χ3v) is 5.12. The molecule has 1 aromatic heterocycles. The van der Waals surface area contributed by atoms with Crippen LogP contribution in [0.25, 0.3) is 5.69 Å². The Morgan fingerprint density at radius 3 is 2.48 bits per heavy atom. The molecule has 0 aliphatic rings. The Morgan fingerprint density at radius 2 is 1.90 bits per heavy atom. The molecule has 0 saturated heterocycles. The van der Waals surface area contributed by atoms with Crippen molar-refractivity contribution in [3.8, 4) is 5.69 Å². The van der Waals surface area contributed by atoms with Crippen molar-refractivity contribution in [3.05, 3.63) is 41.6 Å². The molecule has 0 spiro atoms. The number of hydrogen-bond donors (Lipinski definition) is 1. The molecule has 0 aliphatic carbocycles. The zero-order chi connectivity index (χ0) is 23.2. The van der Waals surface area contributed by atoms with Crippen LogP contribution in [0.15, 0.2) is 30.3 Å². The minimum absolute atomic E-state index is 0.0286. The van der Waals surface area contributed by atoms with E-state index >= 15 is 0 Å². The highest BCUT2D eigenvalue weighted by atomic mass is 16.2. The van der Waals surface area contributed by atoms with Crippen molar-refractivity contribution in [2.45, 2.75) is 73.1 Å². The van der Waals surface area contributed by atoms with E-state index in [0.717, 1.165) is 29.8 Å². The topological polar surface area (TPSA) is 67.2 Å². The number of nitrogens with one attached hydrogen (secondary N) is 1. The van der Waals surface area contributed by atoms with E-state index in [1.54, 1.807) is 9.58 Å². The van der Waals surface area contributed by atoms with Crippen molar-refractivity contribution < 1.29 is 9.59 Å². The van der Waals surface area contributed by atoms with Crippen LogP contribution in [0.5, 0.6) is 0 Å². The predicted octanol–water partition coefficient (Wildman–Crippen LogP) is 5.09. The summed E-state index contributed by atoms with van der Waals surface area (Å²) in [5.41, 5.74) is 2.75. The highest BCUT2D eigenvalue weighted by molar-refractivity contribution is 5.94. The number of aromatic nitrogens is 2. The van der Waals surface area contributed by atoms with Crippen LogP contribution in [0.3, 0.4) is 0 Å². The summed E-state index contributed by atoms with van der Waals surface area (Å²) in [7, 11) is 0.